The zero-order chi connectivity index (χ0) is 34.4. The molecule has 4 nitrogen and oxygen atoms in total. The quantitative estimate of drug-likeness (QED) is 0.117. The SMILES string of the molecule is CCCC[Si]1(CCCC)C(B(N(CC)CC)N(CC)CC)=C(c2ccccc2)C(c2ccccc2)=C1B(N(CC)CC)N(CC)CC. The molecular formula is C40H68B2N4Si. The summed E-state index contributed by atoms with van der Waals surface area (Å²) in [7, 11) is -2.34. The van der Waals surface area contributed by atoms with Gasteiger partial charge < -0.3 is 19.2 Å². The summed E-state index contributed by atoms with van der Waals surface area (Å²) >= 11 is 0. The first-order valence-electron chi connectivity index (χ1n) is 19.5. The van der Waals surface area contributed by atoms with E-state index in [9.17, 15) is 0 Å². The fourth-order valence-electron chi connectivity index (χ4n) is 8.55. The van der Waals surface area contributed by atoms with Crippen LogP contribution in [-0.4, -0.2) is 93.6 Å². The van der Waals surface area contributed by atoms with Crippen LogP contribution in [0.3, 0.4) is 0 Å². The van der Waals surface area contributed by atoms with Crippen LogP contribution in [-0.2, 0) is 0 Å². The van der Waals surface area contributed by atoms with Gasteiger partial charge in [0.05, 0.1) is 8.07 Å². The van der Waals surface area contributed by atoms with Crippen LogP contribution in [0.25, 0.3) is 11.1 Å². The molecule has 258 valence electrons. The van der Waals surface area contributed by atoms with Gasteiger partial charge in [-0.05, 0) is 74.6 Å². The molecule has 2 aromatic carbocycles. The van der Waals surface area contributed by atoms with Crippen molar-refractivity contribution < 1.29 is 0 Å². The summed E-state index contributed by atoms with van der Waals surface area (Å²) in [6, 6.07) is 25.9. The Kier molecular flexibility index (Phi) is 16.8. The number of hydrogen-bond acceptors (Lipinski definition) is 4. The molecule has 1 aliphatic heterocycles. The number of unbranched alkanes of at least 4 members (excludes halogenated alkanes) is 2. The van der Waals surface area contributed by atoms with Crippen molar-refractivity contribution in [2.24, 2.45) is 0 Å². The Balaban J connectivity index is 2.76. The lowest BCUT2D eigenvalue weighted by atomic mass is 9.64. The Morgan fingerprint density at radius 2 is 0.702 bits per heavy atom. The van der Waals surface area contributed by atoms with E-state index in [2.05, 4.69) is 149 Å². The molecule has 2 aromatic rings. The number of nitrogens with zero attached hydrogens (tertiary/aromatic N) is 4. The van der Waals surface area contributed by atoms with Crippen LogP contribution in [0.4, 0.5) is 0 Å². The Labute approximate surface area is 292 Å². The van der Waals surface area contributed by atoms with Crippen molar-refractivity contribution in [2.75, 3.05) is 52.4 Å². The summed E-state index contributed by atoms with van der Waals surface area (Å²) in [5, 5.41) is 3.63. The van der Waals surface area contributed by atoms with Crippen LogP contribution in [0, 0.1) is 0 Å². The molecule has 0 saturated carbocycles. The molecule has 0 amide bonds. The highest BCUT2D eigenvalue weighted by atomic mass is 28.3. The van der Waals surface area contributed by atoms with E-state index in [1.54, 1.807) is 11.1 Å². The monoisotopic (exact) mass is 655 g/mol. The average molecular weight is 655 g/mol. The van der Waals surface area contributed by atoms with Crippen LogP contribution in [0.2, 0.25) is 12.1 Å². The number of hydrogen-bond donors (Lipinski definition) is 0. The van der Waals surface area contributed by atoms with Gasteiger partial charge in [-0.3, -0.25) is 0 Å². The average Bonchev–Trinajstić information content (AvgIpc) is 3.40. The van der Waals surface area contributed by atoms with Gasteiger partial charge in [-0.15, -0.1) is 0 Å². The summed E-state index contributed by atoms with van der Waals surface area (Å²) in [6.07, 6.45) is 5.06. The highest BCUT2D eigenvalue weighted by Crippen LogP contribution is 2.55. The van der Waals surface area contributed by atoms with Crippen molar-refractivity contribution in [1.29, 1.82) is 0 Å². The number of rotatable bonds is 22. The molecule has 0 unspecified atom stereocenters. The van der Waals surface area contributed by atoms with Gasteiger partial charge in [0.2, 0.25) is 0 Å². The first-order chi connectivity index (χ1) is 22.9. The lowest BCUT2D eigenvalue weighted by Crippen LogP contribution is -2.64. The largest absolute Gasteiger partial charge is 0.338 e. The van der Waals surface area contributed by atoms with E-state index in [0.29, 0.717) is 14.0 Å². The Morgan fingerprint density at radius 3 is 0.936 bits per heavy atom. The third-order valence-corrected chi connectivity index (χ3v) is 16.5. The maximum Gasteiger partial charge on any atom is 0.338 e. The highest BCUT2D eigenvalue weighted by Gasteiger charge is 2.57. The van der Waals surface area contributed by atoms with Crippen molar-refractivity contribution in [3.05, 3.63) is 82.0 Å². The maximum atomic E-state index is 2.81. The van der Waals surface area contributed by atoms with Gasteiger partial charge in [0.25, 0.3) is 0 Å². The third kappa shape index (κ3) is 8.47. The molecule has 0 aliphatic carbocycles. The Morgan fingerprint density at radius 1 is 0.426 bits per heavy atom. The van der Waals surface area contributed by atoms with Gasteiger partial charge in [-0.25, -0.2) is 0 Å². The first-order valence-corrected chi connectivity index (χ1v) is 21.9. The fraction of sp³-hybridized carbons (Fsp3) is 0.600. The molecule has 0 spiro atoms. The van der Waals surface area contributed by atoms with E-state index in [1.807, 2.05) is 10.2 Å². The van der Waals surface area contributed by atoms with Crippen molar-refractivity contribution in [3.63, 3.8) is 0 Å². The summed E-state index contributed by atoms with van der Waals surface area (Å²) in [5.74, 6) is 0. The molecule has 0 saturated heterocycles. The van der Waals surface area contributed by atoms with Crippen molar-refractivity contribution >= 4 is 33.2 Å². The standard InChI is InChI=1S/C40H68B2N4Si/c1-11-21-33-47(34-22-12-2)39(41(43(13-3)14-4)44(15-5)16-6)37(35-29-25-23-26-30-35)38(36-31-27-24-28-32-36)40(47)42(45(17-7)18-8)46(19-9)20-10/h23-32H,11-22,33-34H2,1-10H3. The zero-order valence-corrected chi connectivity index (χ0v) is 33.1. The van der Waals surface area contributed by atoms with Gasteiger partial charge >= 0.3 is 14.0 Å². The van der Waals surface area contributed by atoms with Gasteiger partial charge in [0, 0.05) is 0 Å². The minimum absolute atomic E-state index is 0.292. The Bertz CT molecular complexity index is 1110. The molecule has 0 fully saturated rings. The molecular weight excluding hydrogens is 586 g/mol. The topological polar surface area (TPSA) is 13.0 Å². The van der Waals surface area contributed by atoms with Gasteiger partial charge in [-0.1, -0.05) is 178 Å². The smallest absolute Gasteiger partial charge is 0.325 e. The molecule has 0 N–H and O–H groups in total. The third-order valence-electron chi connectivity index (χ3n) is 11.0. The molecule has 47 heavy (non-hydrogen) atoms. The van der Waals surface area contributed by atoms with Crippen molar-refractivity contribution in [1.82, 2.24) is 19.2 Å². The van der Waals surface area contributed by atoms with Crippen LogP contribution in [0.1, 0.15) is 106 Å². The molecule has 0 radical (unpaired) electrons. The van der Waals surface area contributed by atoms with Gasteiger partial charge in [0.15, 0.2) is 0 Å². The molecule has 7 heteroatoms. The minimum Gasteiger partial charge on any atom is -0.325 e. The first kappa shape index (κ1) is 39.5. The van der Waals surface area contributed by atoms with Crippen molar-refractivity contribution in [2.45, 2.75) is 107 Å². The lowest BCUT2D eigenvalue weighted by Gasteiger charge is -2.47. The molecule has 1 aliphatic rings. The van der Waals surface area contributed by atoms with Crippen LogP contribution in [0.5, 0.6) is 0 Å². The van der Waals surface area contributed by atoms with E-state index < -0.39 is 8.07 Å². The molecule has 0 atom stereocenters. The van der Waals surface area contributed by atoms with Gasteiger partial charge in [-0.2, -0.15) is 0 Å². The normalized spacial score (nSPS) is 14.9. The second-order valence-corrected chi connectivity index (χ2v) is 17.5. The van der Waals surface area contributed by atoms with Crippen LogP contribution >= 0.6 is 0 Å². The summed E-state index contributed by atoms with van der Waals surface area (Å²) in [4.78, 5) is 11.2. The predicted octanol–water partition coefficient (Wildman–Crippen LogP) is 9.46. The highest BCUT2D eigenvalue weighted by molar-refractivity contribution is 7.13. The molecule has 1 heterocycles. The van der Waals surface area contributed by atoms with E-state index >= 15 is 0 Å². The van der Waals surface area contributed by atoms with E-state index in [-0.39, 0.29) is 0 Å². The number of benzene rings is 2. The summed E-state index contributed by atoms with van der Waals surface area (Å²) in [5.41, 5.74) is 5.95. The Hall–Kier alpha value is -1.89. The zero-order valence-electron chi connectivity index (χ0n) is 32.1. The predicted molar refractivity (Wildman–Crippen MR) is 215 cm³/mol. The maximum absolute atomic E-state index is 2.81. The molecule has 0 bridgehead atoms. The van der Waals surface area contributed by atoms with Crippen LogP contribution < -0.4 is 0 Å². The van der Waals surface area contributed by atoms with E-state index in [1.165, 1.54) is 48.9 Å². The fourth-order valence-corrected chi connectivity index (χ4v) is 15.3. The summed E-state index contributed by atoms with van der Waals surface area (Å²) in [6.45, 7) is 33.0. The second-order valence-electron chi connectivity index (χ2n) is 13.2. The molecule has 3 rings (SSSR count). The van der Waals surface area contributed by atoms with E-state index in [0.717, 1.165) is 52.4 Å². The summed E-state index contributed by atoms with van der Waals surface area (Å²) < 4.78 is 0. The lowest BCUT2D eigenvalue weighted by molar-refractivity contribution is 0.385. The van der Waals surface area contributed by atoms with Crippen molar-refractivity contribution in [3.8, 4) is 0 Å². The van der Waals surface area contributed by atoms with Gasteiger partial charge in [0.1, 0.15) is 0 Å². The second kappa shape index (κ2) is 19.9. The molecule has 0 aromatic heterocycles. The van der Waals surface area contributed by atoms with Crippen LogP contribution in [0.15, 0.2) is 70.9 Å². The minimum atomic E-state index is -2.34. The van der Waals surface area contributed by atoms with E-state index in [4.69, 9.17) is 0 Å². The number of allylic oxidation sites excluding steroid dienone is 2.